The molecule has 0 aromatic heterocycles. The summed E-state index contributed by atoms with van der Waals surface area (Å²) < 4.78 is 11.9. The van der Waals surface area contributed by atoms with E-state index < -0.39 is 15.0 Å². The maximum atomic E-state index is 6.09. The van der Waals surface area contributed by atoms with E-state index in [1.165, 1.54) is 15.9 Å². The van der Waals surface area contributed by atoms with Crippen LogP contribution in [0.5, 0.6) is 0 Å². The van der Waals surface area contributed by atoms with Crippen LogP contribution in [0.2, 0.25) is 25.7 Å². The van der Waals surface area contributed by atoms with Crippen LogP contribution >= 0.6 is 6.89 Å². The molecule has 0 amide bonds. The van der Waals surface area contributed by atoms with Crippen molar-refractivity contribution in [3.63, 3.8) is 0 Å². The summed E-state index contributed by atoms with van der Waals surface area (Å²) in [7, 11) is -1.10. The molecule has 0 saturated carbocycles. The van der Waals surface area contributed by atoms with Crippen LogP contribution in [0.4, 0.5) is 0 Å². The van der Waals surface area contributed by atoms with E-state index in [4.69, 9.17) is 9.47 Å². The molecular weight excluding hydrogens is 391 g/mol. The zero-order valence-corrected chi connectivity index (χ0v) is 19.5. The molecule has 0 spiro atoms. The normalized spacial score (nSPS) is 12.0. The zero-order chi connectivity index (χ0) is 20.6. The summed E-state index contributed by atoms with van der Waals surface area (Å²) in [4.78, 5) is 0. The number of hydrogen-bond acceptors (Lipinski definition) is 2. The van der Waals surface area contributed by atoms with Gasteiger partial charge in [-0.2, -0.15) is 0 Å². The summed E-state index contributed by atoms with van der Waals surface area (Å²) in [5.41, 5.74) is 0. The molecule has 152 valence electrons. The summed E-state index contributed by atoms with van der Waals surface area (Å²) in [5, 5.41) is 3.83. The summed E-state index contributed by atoms with van der Waals surface area (Å²) in [5.74, 6) is 2.06. The Morgan fingerprint density at radius 1 is 0.690 bits per heavy atom. The summed E-state index contributed by atoms with van der Waals surface area (Å²) in [6.45, 7) is 6.08. The van der Waals surface area contributed by atoms with Crippen LogP contribution in [0.15, 0.2) is 91.0 Å². The standard InChI is InChI=1S/C25H31O2PSi/c1-29(2,3)20-19-26-21-27-22-28(23-13-7-4-8-14-23,24-15-9-5-10-16-24)25-17-11-6-12-18-25/h4-18,22H,19-21H2,1-3H3. The molecule has 0 fully saturated rings. The van der Waals surface area contributed by atoms with Crippen LogP contribution in [0, 0.1) is 0 Å². The zero-order valence-electron chi connectivity index (χ0n) is 17.6. The third-order valence-electron chi connectivity index (χ3n) is 4.87. The summed E-state index contributed by atoms with van der Waals surface area (Å²) in [6, 6.07) is 33.2. The minimum Gasteiger partial charge on any atom is -0.355 e. The van der Waals surface area contributed by atoms with Crippen LogP contribution in [0.1, 0.15) is 0 Å². The Morgan fingerprint density at radius 2 is 1.10 bits per heavy atom. The number of benzene rings is 3. The van der Waals surface area contributed by atoms with E-state index >= 15 is 0 Å². The monoisotopic (exact) mass is 422 g/mol. The van der Waals surface area contributed by atoms with Crippen molar-refractivity contribution >= 4 is 36.9 Å². The van der Waals surface area contributed by atoms with Crippen molar-refractivity contribution in [3.05, 3.63) is 91.0 Å². The molecule has 0 heterocycles. The highest BCUT2D eigenvalue weighted by Gasteiger charge is 2.25. The van der Waals surface area contributed by atoms with E-state index in [0.29, 0.717) is 6.79 Å². The minimum absolute atomic E-state index is 0.290. The Kier molecular flexibility index (Phi) is 7.68. The molecular formula is C25H31O2PSi. The fraction of sp³-hybridized carbons (Fsp3) is 0.240. The van der Waals surface area contributed by atoms with Gasteiger partial charge in [-0.05, 0) is 22.0 Å². The maximum Gasteiger partial charge on any atom is 0.151 e. The topological polar surface area (TPSA) is 18.5 Å². The first-order chi connectivity index (χ1) is 14.0. The molecule has 3 rings (SSSR count). The molecule has 0 atom stereocenters. The molecule has 0 aliphatic carbocycles. The van der Waals surface area contributed by atoms with Crippen LogP contribution < -0.4 is 15.9 Å². The Hall–Kier alpha value is -1.90. The average molecular weight is 423 g/mol. The summed E-state index contributed by atoms with van der Waals surface area (Å²) in [6.07, 6.45) is 0. The first-order valence-corrected chi connectivity index (χ1v) is 15.7. The van der Waals surface area contributed by atoms with Gasteiger partial charge in [0.2, 0.25) is 0 Å². The summed E-state index contributed by atoms with van der Waals surface area (Å²) >= 11 is 0. The highest BCUT2D eigenvalue weighted by atomic mass is 31.2. The molecule has 4 heteroatoms. The minimum atomic E-state index is -2.05. The fourth-order valence-electron chi connectivity index (χ4n) is 3.25. The van der Waals surface area contributed by atoms with Gasteiger partial charge in [-0.1, -0.05) is 111 Å². The molecule has 0 unspecified atom stereocenters. The van der Waals surface area contributed by atoms with Crippen molar-refractivity contribution in [2.24, 2.45) is 0 Å². The van der Waals surface area contributed by atoms with Crippen molar-refractivity contribution < 1.29 is 9.47 Å². The van der Waals surface area contributed by atoms with E-state index in [0.717, 1.165) is 12.7 Å². The highest BCUT2D eigenvalue weighted by molar-refractivity contribution is 7.94. The molecule has 0 aliphatic heterocycles. The van der Waals surface area contributed by atoms with Gasteiger partial charge < -0.3 is 9.47 Å². The van der Waals surface area contributed by atoms with Crippen LogP contribution in [-0.4, -0.2) is 27.5 Å². The molecule has 0 bridgehead atoms. The van der Waals surface area contributed by atoms with E-state index in [-0.39, 0.29) is 0 Å². The maximum absolute atomic E-state index is 6.09. The third kappa shape index (κ3) is 5.80. The van der Waals surface area contributed by atoms with Gasteiger partial charge in [0.1, 0.15) is 0 Å². The van der Waals surface area contributed by atoms with Crippen LogP contribution in [-0.2, 0) is 9.47 Å². The van der Waals surface area contributed by atoms with Crippen LogP contribution in [0.3, 0.4) is 0 Å². The predicted molar refractivity (Wildman–Crippen MR) is 131 cm³/mol. The molecule has 3 aromatic carbocycles. The lowest BCUT2D eigenvalue weighted by molar-refractivity contribution is 0.0203. The second kappa shape index (κ2) is 10.2. The lowest BCUT2D eigenvalue weighted by Crippen LogP contribution is -2.27. The Balaban J connectivity index is 1.99. The van der Waals surface area contributed by atoms with E-state index in [1.807, 2.05) is 0 Å². The van der Waals surface area contributed by atoms with Gasteiger partial charge in [-0.3, -0.25) is 0 Å². The van der Waals surface area contributed by atoms with Gasteiger partial charge >= 0.3 is 0 Å². The van der Waals surface area contributed by atoms with E-state index in [1.54, 1.807) is 0 Å². The van der Waals surface area contributed by atoms with Gasteiger partial charge in [-0.15, -0.1) is 0 Å². The Bertz CT molecular complexity index is 816. The predicted octanol–water partition coefficient (Wildman–Crippen LogP) is 5.07. The van der Waals surface area contributed by atoms with E-state index in [9.17, 15) is 0 Å². The first kappa shape index (κ1) is 21.8. The third-order valence-corrected chi connectivity index (χ3v) is 10.4. The molecule has 0 aliphatic rings. The number of ether oxygens (including phenoxy) is 2. The van der Waals surface area contributed by atoms with Gasteiger partial charge in [0.25, 0.3) is 0 Å². The SMILES string of the molecule is C[Si](C)(C)CCOCOC=P(c1ccccc1)(c1ccccc1)c1ccccc1. The average Bonchev–Trinajstić information content (AvgIpc) is 2.75. The fourth-order valence-corrected chi connectivity index (χ4v) is 7.47. The molecule has 0 saturated heterocycles. The molecule has 0 radical (unpaired) electrons. The first-order valence-electron chi connectivity index (χ1n) is 10.1. The van der Waals surface area contributed by atoms with Crippen molar-refractivity contribution in [1.82, 2.24) is 0 Å². The molecule has 2 nitrogen and oxygen atoms in total. The molecule has 29 heavy (non-hydrogen) atoms. The largest absolute Gasteiger partial charge is 0.355 e. The van der Waals surface area contributed by atoms with Gasteiger partial charge in [0.05, 0.1) is 5.98 Å². The van der Waals surface area contributed by atoms with Crippen molar-refractivity contribution in [2.75, 3.05) is 13.4 Å². The lowest BCUT2D eigenvalue weighted by atomic mass is 10.4. The van der Waals surface area contributed by atoms with Gasteiger partial charge in [0.15, 0.2) is 6.79 Å². The highest BCUT2D eigenvalue weighted by Crippen LogP contribution is 2.43. The number of rotatable bonds is 9. The Morgan fingerprint density at radius 3 is 1.48 bits per heavy atom. The van der Waals surface area contributed by atoms with Crippen molar-refractivity contribution in [3.8, 4) is 0 Å². The molecule has 0 N–H and O–H groups in total. The second-order valence-corrected chi connectivity index (χ2v) is 17.2. The van der Waals surface area contributed by atoms with Crippen molar-refractivity contribution in [2.45, 2.75) is 25.7 Å². The Labute approximate surface area is 176 Å². The van der Waals surface area contributed by atoms with Crippen LogP contribution in [0.25, 0.3) is 0 Å². The quantitative estimate of drug-likeness (QED) is 0.207. The smallest absolute Gasteiger partial charge is 0.151 e. The number of hydrogen-bond donors (Lipinski definition) is 0. The molecule has 3 aromatic rings. The second-order valence-electron chi connectivity index (χ2n) is 8.34. The van der Waals surface area contributed by atoms with E-state index in [2.05, 4.69) is 117 Å². The van der Waals surface area contributed by atoms with Gasteiger partial charge in [-0.25, -0.2) is 0 Å². The van der Waals surface area contributed by atoms with Gasteiger partial charge in [0, 0.05) is 21.6 Å². The lowest BCUT2D eigenvalue weighted by Gasteiger charge is -2.28. The van der Waals surface area contributed by atoms with Crippen molar-refractivity contribution in [1.29, 1.82) is 0 Å².